The second-order valence-corrected chi connectivity index (χ2v) is 6.94. The van der Waals surface area contributed by atoms with Crippen LogP contribution in [-0.4, -0.2) is 25.0 Å². The van der Waals surface area contributed by atoms with Gasteiger partial charge in [-0.2, -0.15) is 0 Å². The zero-order valence-electron chi connectivity index (χ0n) is 13.3. The van der Waals surface area contributed by atoms with Gasteiger partial charge >= 0.3 is 6.03 Å². The van der Waals surface area contributed by atoms with Crippen molar-refractivity contribution in [3.63, 3.8) is 0 Å². The maximum Gasteiger partial charge on any atom is 0.315 e. The number of hydrogen-bond donors (Lipinski definition) is 3. The van der Waals surface area contributed by atoms with Gasteiger partial charge in [-0.3, -0.25) is 4.79 Å². The van der Waals surface area contributed by atoms with Crippen LogP contribution >= 0.6 is 11.3 Å². The Balaban J connectivity index is 1.64. The van der Waals surface area contributed by atoms with Gasteiger partial charge in [0, 0.05) is 23.9 Å². The highest BCUT2D eigenvalue weighted by atomic mass is 32.1. The second-order valence-electron chi connectivity index (χ2n) is 5.94. The molecule has 3 N–H and O–H groups in total. The molecule has 1 unspecified atom stereocenters. The summed E-state index contributed by atoms with van der Waals surface area (Å²) in [5.74, 6) is 0.0546. The molecule has 6 heteroatoms. The van der Waals surface area contributed by atoms with E-state index in [0.29, 0.717) is 13.1 Å². The predicted octanol–water partition coefficient (Wildman–Crippen LogP) is 2.59. The Morgan fingerprint density at radius 1 is 1.32 bits per heavy atom. The smallest absolute Gasteiger partial charge is 0.315 e. The Morgan fingerprint density at radius 3 is 2.86 bits per heavy atom. The number of carbonyl (C=O) groups is 2. The molecule has 0 saturated carbocycles. The van der Waals surface area contributed by atoms with Crippen LogP contribution in [-0.2, 0) is 11.2 Å². The van der Waals surface area contributed by atoms with Crippen molar-refractivity contribution in [2.75, 3.05) is 13.1 Å². The van der Waals surface area contributed by atoms with E-state index < -0.39 is 0 Å². The van der Waals surface area contributed by atoms with E-state index in [4.69, 9.17) is 0 Å². The maximum absolute atomic E-state index is 11.9. The summed E-state index contributed by atoms with van der Waals surface area (Å²) in [7, 11) is 0. The van der Waals surface area contributed by atoms with Crippen LogP contribution in [0.25, 0.3) is 0 Å². The van der Waals surface area contributed by atoms with Crippen LogP contribution in [0.3, 0.4) is 0 Å². The Kier molecular flexibility index (Phi) is 6.24. The minimum atomic E-state index is -0.126. The molecule has 0 bridgehead atoms. The number of amides is 3. The van der Waals surface area contributed by atoms with Crippen molar-refractivity contribution in [3.05, 3.63) is 21.9 Å². The molecule has 1 atom stereocenters. The summed E-state index contributed by atoms with van der Waals surface area (Å²) >= 11 is 1.77. The predicted molar refractivity (Wildman–Crippen MR) is 89.0 cm³/mol. The summed E-state index contributed by atoms with van der Waals surface area (Å²) in [4.78, 5) is 24.7. The van der Waals surface area contributed by atoms with E-state index in [1.165, 1.54) is 10.4 Å². The molecule has 0 aromatic carbocycles. The lowest BCUT2D eigenvalue weighted by molar-refractivity contribution is -0.123. The van der Waals surface area contributed by atoms with Crippen LogP contribution in [0.5, 0.6) is 0 Å². The summed E-state index contributed by atoms with van der Waals surface area (Å²) < 4.78 is 0. The van der Waals surface area contributed by atoms with Crippen molar-refractivity contribution in [2.24, 2.45) is 5.92 Å². The Bertz CT molecular complexity index is 513. The molecule has 22 heavy (non-hydrogen) atoms. The molecule has 122 valence electrons. The zero-order valence-corrected chi connectivity index (χ0v) is 14.1. The van der Waals surface area contributed by atoms with Crippen molar-refractivity contribution in [1.82, 2.24) is 16.0 Å². The number of hydrogen-bond acceptors (Lipinski definition) is 3. The van der Waals surface area contributed by atoms with Crippen molar-refractivity contribution < 1.29 is 9.59 Å². The summed E-state index contributed by atoms with van der Waals surface area (Å²) in [6.07, 6.45) is 3.99. The average Bonchev–Trinajstić information content (AvgIpc) is 2.96. The molecule has 1 aliphatic carbocycles. The minimum Gasteiger partial charge on any atom is -0.356 e. The molecular formula is C16H25N3O2S. The first-order valence-corrected chi connectivity index (χ1v) is 8.84. The SMILES string of the molecule is CC(C)C(=O)NCCCNC(=O)NC1CCCc2sccc21. The van der Waals surface area contributed by atoms with Crippen LogP contribution in [0.2, 0.25) is 0 Å². The van der Waals surface area contributed by atoms with E-state index in [2.05, 4.69) is 27.4 Å². The number of urea groups is 1. The monoisotopic (exact) mass is 323 g/mol. The topological polar surface area (TPSA) is 70.2 Å². The summed E-state index contributed by atoms with van der Waals surface area (Å²) in [5.41, 5.74) is 1.27. The molecule has 0 spiro atoms. The highest BCUT2D eigenvalue weighted by Crippen LogP contribution is 2.33. The van der Waals surface area contributed by atoms with Gasteiger partial charge < -0.3 is 16.0 Å². The van der Waals surface area contributed by atoms with E-state index in [1.54, 1.807) is 11.3 Å². The number of fused-ring (bicyclic) bond motifs is 1. The third kappa shape index (κ3) is 4.73. The summed E-state index contributed by atoms with van der Waals surface area (Å²) in [6.45, 7) is 4.89. The van der Waals surface area contributed by atoms with Gasteiger partial charge in [0.05, 0.1) is 6.04 Å². The fraction of sp³-hybridized carbons (Fsp3) is 0.625. The number of aryl methyl sites for hydroxylation is 1. The van der Waals surface area contributed by atoms with E-state index in [-0.39, 0.29) is 23.9 Å². The van der Waals surface area contributed by atoms with Gasteiger partial charge in [0.25, 0.3) is 0 Å². The fourth-order valence-corrected chi connectivity index (χ4v) is 3.54. The molecule has 1 aromatic rings. The van der Waals surface area contributed by atoms with Gasteiger partial charge in [0.1, 0.15) is 0 Å². The molecule has 3 amide bonds. The van der Waals surface area contributed by atoms with Gasteiger partial charge in [0.2, 0.25) is 5.91 Å². The Hall–Kier alpha value is -1.56. The molecule has 0 saturated heterocycles. The number of rotatable bonds is 6. The van der Waals surface area contributed by atoms with Gasteiger partial charge in [-0.25, -0.2) is 4.79 Å². The first-order valence-electron chi connectivity index (χ1n) is 7.96. The van der Waals surface area contributed by atoms with E-state index in [0.717, 1.165) is 25.7 Å². The second kappa shape index (κ2) is 8.17. The van der Waals surface area contributed by atoms with Crippen molar-refractivity contribution in [3.8, 4) is 0 Å². The van der Waals surface area contributed by atoms with Gasteiger partial charge in [0.15, 0.2) is 0 Å². The molecule has 2 rings (SSSR count). The van der Waals surface area contributed by atoms with Crippen LogP contribution in [0.15, 0.2) is 11.4 Å². The highest BCUT2D eigenvalue weighted by Gasteiger charge is 2.22. The zero-order chi connectivity index (χ0) is 15.9. The van der Waals surface area contributed by atoms with Crippen LogP contribution < -0.4 is 16.0 Å². The largest absolute Gasteiger partial charge is 0.356 e. The molecule has 0 radical (unpaired) electrons. The number of carbonyl (C=O) groups excluding carboxylic acids is 2. The van der Waals surface area contributed by atoms with Crippen molar-refractivity contribution >= 4 is 23.3 Å². The molecule has 0 fully saturated rings. The minimum absolute atomic E-state index is 0.00219. The molecule has 5 nitrogen and oxygen atoms in total. The molecule has 1 aliphatic rings. The molecule has 0 aliphatic heterocycles. The lowest BCUT2D eigenvalue weighted by Crippen LogP contribution is -2.40. The van der Waals surface area contributed by atoms with Crippen molar-refractivity contribution in [1.29, 1.82) is 0 Å². The van der Waals surface area contributed by atoms with E-state index in [9.17, 15) is 9.59 Å². The third-order valence-electron chi connectivity index (χ3n) is 3.82. The average molecular weight is 323 g/mol. The lowest BCUT2D eigenvalue weighted by atomic mass is 9.94. The third-order valence-corrected chi connectivity index (χ3v) is 4.82. The normalized spacial score (nSPS) is 17.0. The number of thiophene rings is 1. The van der Waals surface area contributed by atoms with Crippen molar-refractivity contribution in [2.45, 2.75) is 45.6 Å². The van der Waals surface area contributed by atoms with Crippen LogP contribution in [0, 0.1) is 5.92 Å². The first-order chi connectivity index (χ1) is 10.6. The highest BCUT2D eigenvalue weighted by molar-refractivity contribution is 7.10. The van der Waals surface area contributed by atoms with E-state index in [1.807, 2.05) is 13.8 Å². The van der Waals surface area contributed by atoms with Crippen LogP contribution in [0.1, 0.15) is 49.6 Å². The van der Waals surface area contributed by atoms with Gasteiger partial charge in [-0.15, -0.1) is 11.3 Å². The molecular weight excluding hydrogens is 298 g/mol. The Labute approximate surface area is 135 Å². The van der Waals surface area contributed by atoms with E-state index >= 15 is 0 Å². The summed E-state index contributed by atoms with van der Waals surface area (Å²) in [5, 5.41) is 10.8. The molecule has 1 aromatic heterocycles. The quantitative estimate of drug-likeness (QED) is 0.704. The molecule has 1 heterocycles. The summed E-state index contributed by atoms with van der Waals surface area (Å²) in [6, 6.07) is 2.13. The standard InChI is InChI=1S/C16H25N3O2S/c1-11(2)15(20)17-8-4-9-18-16(21)19-13-5-3-6-14-12(13)7-10-22-14/h7,10-11,13H,3-6,8-9H2,1-2H3,(H,17,20)(H2,18,19,21). The number of nitrogens with one attached hydrogen (secondary N) is 3. The van der Waals surface area contributed by atoms with Gasteiger partial charge in [-0.05, 0) is 42.7 Å². The van der Waals surface area contributed by atoms with Crippen LogP contribution in [0.4, 0.5) is 4.79 Å². The fourth-order valence-electron chi connectivity index (χ4n) is 2.55. The van der Waals surface area contributed by atoms with Gasteiger partial charge in [-0.1, -0.05) is 13.8 Å². The maximum atomic E-state index is 11.9. The Morgan fingerprint density at radius 2 is 2.09 bits per heavy atom. The first kappa shape index (κ1) is 16.8. The lowest BCUT2D eigenvalue weighted by Gasteiger charge is -2.23.